The van der Waals surface area contributed by atoms with Gasteiger partial charge in [-0.1, -0.05) is 29.8 Å². The number of hydrogen-bond donors (Lipinski definition) is 1. The van der Waals surface area contributed by atoms with E-state index in [0.717, 1.165) is 5.56 Å². The summed E-state index contributed by atoms with van der Waals surface area (Å²) < 4.78 is 5.20. The molecule has 4 heteroatoms. The van der Waals surface area contributed by atoms with Crippen molar-refractivity contribution in [3.05, 3.63) is 64.2 Å². The van der Waals surface area contributed by atoms with Gasteiger partial charge in [-0.3, -0.25) is 4.79 Å². The summed E-state index contributed by atoms with van der Waals surface area (Å²) in [5.41, 5.74) is 7.51. The highest BCUT2D eigenvalue weighted by molar-refractivity contribution is 6.31. The largest absolute Gasteiger partial charge is 0.496 e. The molecule has 0 aromatic heterocycles. The van der Waals surface area contributed by atoms with E-state index in [2.05, 4.69) is 0 Å². The van der Waals surface area contributed by atoms with Crippen molar-refractivity contribution in [3.8, 4) is 5.75 Å². The van der Waals surface area contributed by atoms with Gasteiger partial charge in [-0.05, 0) is 29.8 Å². The Bertz CT molecular complexity index is 611. The normalized spacial score (nSPS) is 10.3. The molecule has 2 N–H and O–H groups in total. The molecule has 2 aromatic carbocycles. The predicted octanol–water partition coefficient (Wildman–Crippen LogP) is 3.04. The Hall–Kier alpha value is -1.84. The smallest absolute Gasteiger partial charge is 0.196 e. The third kappa shape index (κ3) is 2.95. The zero-order valence-electron chi connectivity index (χ0n) is 10.5. The van der Waals surface area contributed by atoms with E-state index in [9.17, 15) is 4.79 Å². The minimum atomic E-state index is -0.130. The van der Waals surface area contributed by atoms with Crippen molar-refractivity contribution < 1.29 is 9.53 Å². The van der Waals surface area contributed by atoms with E-state index in [-0.39, 0.29) is 5.78 Å². The Balaban J connectivity index is 2.46. The van der Waals surface area contributed by atoms with E-state index in [1.54, 1.807) is 30.3 Å². The first-order valence-electron chi connectivity index (χ1n) is 5.83. The van der Waals surface area contributed by atoms with Crippen molar-refractivity contribution in [3.63, 3.8) is 0 Å². The number of ketones is 1. The second kappa shape index (κ2) is 5.87. The summed E-state index contributed by atoms with van der Waals surface area (Å²) in [6.07, 6.45) is 0. The van der Waals surface area contributed by atoms with Crippen molar-refractivity contribution in [1.29, 1.82) is 0 Å². The van der Waals surface area contributed by atoms with Crippen LogP contribution in [0.15, 0.2) is 42.5 Å². The second-order valence-electron chi connectivity index (χ2n) is 4.08. The predicted molar refractivity (Wildman–Crippen MR) is 75.8 cm³/mol. The number of hydrogen-bond acceptors (Lipinski definition) is 3. The van der Waals surface area contributed by atoms with Gasteiger partial charge in [0.15, 0.2) is 5.78 Å². The summed E-state index contributed by atoms with van der Waals surface area (Å²) in [7, 11) is 1.52. The van der Waals surface area contributed by atoms with E-state index < -0.39 is 0 Å². The first-order chi connectivity index (χ1) is 9.15. The van der Waals surface area contributed by atoms with Crippen LogP contribution in [0.5, 0.6) is 5.75 Å². The Labute approximate surface area is 117 Å². The number of methoxy groups -OCH3 is 1. The molecule has 0 aliphatic rings. The van der Waals surface area contributed by atoms with Crippen LogP contribution >= 0.6 is 11.6 Å². The van der Waals surface area contributed by atoms with Crippen LogP contribution in [0, 0.1) is 0 Å². The molecular weight excluding hydrogens is 262 g/mol. The maximum absolute atomic E-state index is 12.5. The molecule has 2 rings (SSSR count). The van der Waals surface area contributed by atoms with E-state index >= 15 is 0 Å². The van der Waals surface area contributed by atoms with Gasteiger partial charge in [0.1, 0.15) is 5.75 Å². The third-order valence-electron chi connectivity index (χ3n) is 2.83. The molecule has 0 aliphatic heterocycles. The van der Waals surface area contributed by atoms with Gasteiger partial charge in [0, 0.05) is 17.1 Å². The molecule has 0 atom stereocenters. The van der Waals surface area contributed by atoms with Crippen LogP contribution in [0.4, 0.5) is 0 Å². The van der Waals surface area contributed by atoms with Gasteiger partial charge in [0.2, 0.25) is 0 Å². The van der Waals surface area contributed by atoms with Crippen LogP contribution < -0.4 is 10.5 Å². The van der Waals surface area contributed by atoms with Crippen LogP contribution in [0.25, 0.3) is 0 Å². The molecule has 0 saturated carbocycles. The summed E-state index contributed by atoms with van der Waals surface area (Å²) in [6.45, 7) is 0.397. The molecule has 0 heterocycles. The minimum Gasteiger partial charge on any atom is -0.496 e. The van der Waals surface area contributed by atoms with Crippen molar-refractivity contribution in [1.82, 2.24) is 0 Å². The zero-order chi connectivity index (χ0) is 13.8. The van der Waals surface area contributed by atoms with Crippen LogP contribution in [-0.4, -0.2) is 12.9 Å². The fraction of sp³-hybridized carbons (Fsp3) is 0.133. The van der Waals surface area contributed by atoms with Crippen molar-refractivity contribution >= 4 is 17.4 Å². The van der Waals surface area contributed by atoms with Gasteiger partial charge < -0.3 is 10.5 Å². The van der Waals surface area contributed by atoms with Gasteiger partial charge in [-0.15, -0.1) is 0 Å². The van der Waals surface area contributed by atoms with Gasteiger partial charge in [0.05, 0.1) is 12.7 Å². The summed E-state index contributed by atoms with van der Waals surface area (Å²) in [5, 5.41) is 0.499. The molecule has 2 aromatic rings. The SMILES string of the molecule is COc1ccc(Cl)cc1C(=O)c1cccc(CN)c1. The lowest BCUT2D eigenvalue weighted by Crippen LogP contribution is -2.05. The number of carbonyl (C=O) groups excluding carboxylic acids is 1. The van der Waals surface area contributed by atoms with Crippen molar-refractivity contribution in [2.45, 2.75) is 6.54 Å². The Morgan fingerprint density at radius 3 is 2.74 bits per heavy atom. The average Bonchev–Trinajstić information content (AvgIpc) is 2.46. The number of ether oxygens (including phenoxy) is 1. The molecular formula is C15H14ClNO2. The molecule has 0 fully saturated rings. The number of carbonyl (C=O) groups is 1. The summed E-state index contributed by atoms with van der Waals surface area (Å²) >= 11 is 5.94. The van der Waals surface area contributed by atoms with Gasteiger partial charge in [0.25, 0.3) is 0 Å². The molecule has 0 aliphatic carbocycles. The molecule has 98 valence electrons. The molecule has 3 nitrogen and oxygen atoms in total. The maximum atomic E-state index is 12.5. The fourth-order valence-corrected chi connectivity index (χ4v) is 2.02. The van der Waals surface area contributed by atoms with Crippen LogP contribution in [0.1, 0.15) is 21.5 Å². The summed E-state index contributed by atoms with van der Waals surface area (Å²) in [4.78, 5) is 12.5. The van der Waals surface area contributed by atoms with E-state index in [0.29, 0.717) is 28.4 Å². The first-order valence-corrected chi connectivity index (χ1v) is 6.20. The maximum Gasteiger partial charge on any atom is 0.196 e. The molecule has 0 unspecified atom stereocenters. The molecule has 0 spiro atoms. The topological polar surface area (TPSA) is 52.3 Å². The monoisotopic (exact) mass is 275 g/mol. The summed E-state index contributed by atoms with van der Waals surface area (Å²) in [5.74, 6) is 0.377. The zero-order valence-corrected chi connectivity index (χ0v) is 11.3. The van der Waals surface area contributed by atoms with Crippen molar-refractivity contribution in [2.24, 2.45) is 5.73 Å². The third-order valence-corrected chi connectivity index (χ3v) is 3.07. The lowest BCUT2D eigenvalue weighted by molar-refractivity contribution is 0.103. The molecule has 0 bridgehead atoms. The van der Waals surface area contributed by atoms with Crippen LogP contribution in [0.3, 0.4) is 0 Å². The highest BCUT2D eigenvalue weighted by atomic mass is 35.5. The second-order valence-corrected chi connectivity index (χ2v) is 4.51. The number of rotatable bonds is 4. The Kier molecular flexibility index (Phi) is 4.20. The quantitative estimate of drug-likeness (QED) is 0.873. The minimum absolute atomic E-state index is 0.130. The van der Waals surface area contributed by atoms with Crippen molar-refractivity contribution in [2.75, 3.05) is 7.11 Å². The Morgan fingerprint density at radius 2 is 2.05 bits per heavy atom. The Morgan fingerprint density at radius 1 is 1.26 bits per heavy atom. The standard InChI is InChI=1S/C15H14ClNO2/c1-19-14-6-5-12(16)8-13(14)15(18)11-4-2-3-10(7-11)9-17/h2-8H,9,17H2,1H3. The van der Waals surface area contributed by atoms with E-state index in [1.165, 1.54) is 7.11 Å². The van der Waals surface area contributed by atoms with Gasteiger partial charge >= 0.3 is 0 Å². The fourth-order valence-electron chi connectivity index (χ4n) is 1.85. The van der Waals surface area contributed by atoms with Gasteiger partial charge in [-0.2, -0.15) is 0 Å². The van der Waals surface area contributed by atoms with Crippen LogP contribution in [-0.2, 0) is 6.54 Å². The van der Waals surface area contributed by atoms with E-state index in [4.69, 9.17) is 22.1 Å². The van der Waals surface area contributed by atoms with Gasteiger partial charge in [-0.25, -0.2) is 0 Å². The number of benzene rings is 2. The highest BCUT2D eigenvalue weighted by Gasteiger charge is 2.15. The molecule has 0 saturated heterocycles. The van der Waals surface area contributed by atoms with Crippen LogP contribution in [0.2, 0.25) is 5.02 Å². The number of nitrogens with two attached hydrogens (primary N) is 1. The molecule has 0 radical (unpaired) electrons. The molecule has 19 heavy (non-hydrogen) atoms. The summed E-state index contributed by atoms with van der Waals surface area (Å²) in [6, 6.07) is 12.2. The van der Waals surface area contributed by atoms with E-state index in [1.807, 2.05) is 12.1 Å². The number of halogens is 1. The highest BCUT2D eigenvalue weighted by Crippen LogP contribution is 2.25. The lowest BCUT2D eigenvalue weighted by Gasteiger charge is -2.09. The molecule has 0 amide bonds. The average molecular weight is 276 g/mol. The lowest BCUT2D eigenvalue weighted by atomic mass is 10.0. The first kappa shape index (κ1) is 13.6.